The molecular formula is C35H36FN3O2. The van der Waals surface area contributed by atoms with Gasteiger partial charge in [-0.25, -0.2) is 4.39 Å². The first-order chi connectivity index (χ1) is 20.0. The van der Waals surface area contributed by atoms with Crippen molar-refractivity contribution in [1.29, 1.82) is 0 Å². The number of hydrogen-bond acceptors (Lipinski definition) is 3. The van der Waals surface area contributed by atoms with Gasteiger partial charge in [0.1, 0.15) is 5.82 Å². The number of rotatable bonds is 9. The summed E-state index contributed by atoms with van der Waals surface area (Å²) in [5, 5.41) is 0. The van der Waals surface area contributed by atoms with Crippen molar-refractivity contribution < 1.29 is 14.0 Å². The van der Waals surface area contributed by atoms with E-state index in [4.69, 9.17) is 0 Å². The fourth-order valence-electron chi connectivity index (χ4n) is 5.66. The molecule has 4 aromatic carbocycles. The Morgan fingerprint density at radius 3 is 1.80 bits per heavy atom. The lowest BCUT2D eigenvalue weighted by molar-refractivity contribution is -0.133. The van der Waals surface area contributed by atoms with Crippen molar-refractivity contribution in [2.24, 2.45) is 0 Å². The second-order valence-electron chi connectivity index (χ2n) is 10.5. The van der Waals surface area contributed by atoms with Gasteiger partial charge in [0.15, 0.2) is 0 Å². The van der Waals surface area contributed by atoms with Gasteiger partial charge in [-0.3, -0.25) is 14.5 Å². The Balaban J connectivity index is 1.26. The summed E-state index contributed by atoms with van der Waals surface area (Å²) in [7, 11) is 0. The molecule has 0 aliphatic carbocycles. The molecule has 1 aliphatic heterocycles. The smallest absolute Gasteiger partial charge is 0.254 e. The Morgan fingerprint density at radius 2 is 1.27 bits per heavy atom. The molecule has 0 saturated carbocycles. The van der Waals surface area contributed by atoms with Crippen molar-refractivity contribution in [2.45, 2.75) is 25.4 Å². The summed E-state index contributed by atoms with van der Waals surface area (Å²) in [5.41, 5.74) is 3.72. The molecule has 1 heterocycles. The van der Waals surface area contributed by atoms with E-state index < -0.39 is 5.82 Å². The highest BCUT2D eigenvalue weighted by Gasteiger charge is 2.29. The number of hydrogen-bond donors (Lipinski definition) is 0. The van der Waals surface area contributed by atoms with E-state index in [1.807, 2.05) is 54.3 Å². The average molecular weight is 550 g/mol. The van der Waals surface area contributed by atoms with Crippen molar-refractivity contribution in [3.63, 3.8) is 0 Å². The van der Waals surface area contributed by atoms with Crippen LogP contribution in [0.2, 0.25) is 0 Å². The first kappa shape index (κ1) is 28.2. The molecule has 5 nitrogen and oxygen atoms in total. The van der Waals surface area contributed by atoms with E-state index in [1.54, 1.807) is 11.0 Å². The minimum Gasteiger partial charge on any atom is -0.340 e. The molecule has 41 heavy (non-hydrogen) atoms. The molecule has 0 spiro atoms. The Labute approximate surface area is 241 Å². The molecule has 1 unspecified atom stereocenters. The van der Waals surface area contributed by atoms with Gasteiger partial charge < -0.3 is 9.80 Å². The molecule has 6 heteroatoms. The molecule has 4 aromatic rings. The molecular weight excluding hydrogens is 513 g/mol. The van der Waals surface area contributed by atoms with E-state index in [1.165, 1.54) is 29.3 Å². The predicted octanol–water partition coefficient (Wildman–Crippen LogP) is 6.35. The van der Waals surface area contributed by atoms with E-state index in [0.717, 1.165) is 18.7 Å². The van der Waals surface area contributed by atoms with Gasteiger partial charge in [0, 0.05) is 44.7 Å². The van der Waals surface area contributed by atoms with Crippen LogP contribution in [-0.2, 0) is 4.79 Å². The molecule has 0 aromatic heterocycles. The molecule has 1 fully saturated rings. The van der Waals surface area contributed by atoms with Gasteiger partial charge in [-0.1, -0.05) is 97.1 Å². The highest BCUT2D eigenvalue weighted by molar-refractivity contribution is 5.94. The van der Waals surface area contributed by atoms with Crippen LogP contribution in [0.5, 0.6) is 0 Å². The minimum absolute atomic E-state index is 0.0259. The summed E-state index contributed by atoms with van der Waals surface area (Å²) in [6, 6.07) is 36.3. The van der Waals surface area contributed by atoms with E-state index in [0.29, 0.717) is 13.1 Å². The topological polar surface area (TPSA) is 43.9 Å². The van der Waals surface area contributed by atoms with Crippen LogP contribution >= 0.6 is 0 Å². The third-order valence-corrected chi connectivity index (χ3v) is 7.91. The lowest BCUT2D eigenvalue weighted by atomic mass is 9.96. The Bertz CT molecular complexity index is 1380. The number of benzene rings is 4. The van der Waals surface area contributed by atoms with Gasteiger partial charge in [0.05, 0.1) is 12.1 Å². The molecule has 2 amide bonds. The maximum absolute atomic E-state index is 13.9. The second kappa shape index (κ2) is 13.4. The summed E-state index contributed by atoms with van der Waals surface area (Å²) < 4.78 is 13.9. The third-order valence-electron chi connectivity index (χ3n) is 7.91. The fourth-order valence-corrected chi connectivity index (χ4v) is 5.66. The van der Waals surface area contributed by atoms with Crippen LogP contribution < -0.4 is 0 Å². The summed E-state index contributed by atoms with van der Waals surface area (Å²) in [5.74, 6) is -0.716. The minimum atomic E-state index is -0.457. The second-order valence-corrected chi connectivity index (χ2v) is 10.5. The van der Waals surface area contributed by atoms with Crippen LogP contribution in [0.15, 0.2) is 115 Å². The van der Waals surface area contributed by atoms with Crippen molar-refractivity contribution in [1.82, 2.24) is 14.7 Å². The zero-order valence-corrected chi connectivity index (χ0v) is 23.4. The van der Waals surface area contributed by atoms with Crippen LogP contribution in [0, 0.1) is 5.82 Å². The van der Waals surface area contributed by atoms with Gasteiger partial charge in [-0.15, -0.1) is 0 Å². The average Bonchev–Trinajstić information content (AvgIpc) is 3.03. The van der Waals surface area contributed by atoms with Gasteiger partial charge in [0.2, 0.25) is 5.91 Å². The monoisotopic (exact) mass is 549 g/mol. The molecule has 210 valence electrons. The highest BCUT2D eigenvalue weighted by atomic mass is 19.1. The SMILES string of the molecule is CC(c1ccccc1)N(CCC(=O)N1CCN(C(c2ccccc2)c2ccccc2)CC1)C(=O)c1cccc(F)c1. The molecule has 5 rings (SSSR count). The third kappa shape index (κ3) is 6.90. The molecule has 0 N–H and O–H groups in total. The van der Waals surface area contributed by atoms with Gasteiger partial charge >= 0.3 is 0 Å². The Morgan fingerprint density at radius 1 is 0.732 bits per heavy atom. The molecule has 0 radical (unpaired) electrons. The van der Waals surface area contributed by atoms with Crippen molar-refractivity contribution in [2.75, 3.05) is 32.7 Å². The van der Waals surface area contributed by atoms with E-state index in [-0.39, 0.29) is 42.4 Å². The summed E-state index contributed by atoms with van der Waals surface area (Å²) >= 11 is 0. The van der Waals surface area contributed by atoms with Crippen molar-refractivity contribution in [3.05, 3.63) is 143 Å². The van der Waals surface area contributed by atoms with Crippen LogP contribution in [-0.4, -0.2) is 59.2 Å². The summed E-state index contributed by atoms with van der Waals surface area (Å²) in [6.07, 6.45) is 0.207. The first-order valence-corrected chi connectivity index (χ1v) is 14.2. The first-order valence-electron chi connectivity index (χ1n) is 14.2. The van der Waals surface area contributed by atoms with Crippen LogP contribution in [0.1, 0.15) is 52.5 Å². The van der Waals surface area contributed by atoms with E-state index in [9.17, 15) is 14.0 Å². The number of carbonyl (C=O) groups is 2. The van der Waals surface area contributed by atoms with Crippen LogP contribution in [0.25, 0.3) is 0 Å². The Kier molecular flexibility index (Phi) is 9.22. The number of halogens is 1. The highest BCUT2D eigenvalue weighted by Crippen LogP contribution is 2.30. The molecule has 1 atom stereocenters. The fraction of sp³-hybridized carbons (Fsp3) is 0.257. The largest absolute Gasteiger partial charge is 0.340 e. The maximum atomic E-state index is 13.9. The van der Waals surface area contributed by atoms with Crippen molar-refractivity contribution >= 4 is 11.8 Å². The molecule has 1 saturated heterocycles. The molecule has 1 aliphatic rings. The van der Waals surface area contributed by atoms with Gasteiger partial charge in [-0.05, 0) is 41.8 Å². The lowest BCUT2D eigenvalue weighted by Crippen LogP contribution is -2.50. The standard InChI is InChI=1S/C35H36FN3O2/c1-27(28-12-5-2-6-13-28)39(35(41)31-18-11-19-32(36)26-31)21-20-33(40)37-22-24-38(25-23-37)34(29-14-7-3-8-15-29)30-16-9-4-10-17-30/h2-19,26-27,34H,20-25H2,1H3. The van der Waals surface area contributed by atoms with Crippen LogP contribution in [0.3, 0.4) is 0 Å². The van der Waals surface area contributed by atoms with Gasteiger partial charge in [0.25, 0.3) is 5.91 Å². The predicted molar refractivity (Wildman–Crippen MR) is 160 cm³/mol. The van der Waals surface area contributed by atoms with E-state index >= 15 is 0 Å². The number of piperazine rings is 1. The molecule has 0 bridgehead atoms. The summed E-state index contributed by atoms with van der Waals surface area (Å²) in [4.78, 5) is 32.9. The zero-order valence-electron chi connectivity index (χ0n) is 23.4. The lowest BCUT2D eigenvalue weighted by Gasteiger charge is -2.40. The maximum Gasteiger partial charge on any atom is 0.254 e. The van der Waals surface area contributed by atoms with Crippen molar-refractivity contribution in [3.8, 4) is 0 Å². The zero-order chi connectivity index (χ0) is 28.6. The number of nitrogens with zero attached hydrogens (tertiary/aromatic N) is 3. The van der Waals surface area contributed by atoms with Gasteiger partial charge in [-0.2, -0.15) is 0 Å². The van der Waals surface area contributed by atoms with E-state index in [2.05, 4.69) is 53.4 Å². The quantitative estimate of drug-likeness (QED) is 0.244. The number of amides is 2. The number of carbonyl (C=O) groups excluding carboxylic acids is 2. The Hall–Kier alpha value is -4.29. The summed E-state index contributed by atoms with van der Waals surface area (Å²) in [6.45, 7) is 4.96. The van der Waals surface area contributed by atoms with Crippen LogP contribution in [0.4, 0.5) is 4.39 Å². The normalized spacial score (nSPS) is 14.6.